The number of carbonyl (C=O) groups is 2. The van der Waals surface area contributed by atoms with Gasteiger partial charge in [0, 0.05) is 17.0 Å². The molecule has 3 N–H and O–H groups in total. The predicted molar refractivity (Wildman–Crippen MR) is 127 cm³/mol. The molecule has 0 spiro atoms. The molecule has 0 aliphatic heterocycles. The smallest absolute Gasteiger partial charge is 0.277 e. The van der Waals surface area contributed by atoms with E-state index in [0.717, 1.165) is 4.31 Å². The molecule has 1 aromatic heterocycles. The first-order valence-corrected chi connectivity index (χ1v) is 12.0. The third-order valence-electron chi connectivity index (χ3n) is 4.97. The first-order valence-electron chi connectivity index (χ1n) is 10.2. The van der Waals surface area contributed by atoms with Gasteiger partial charge in [-0.1, -0.05) is 60.1 Å². The summed E-state index contributed by atoms with van der Waals surface area (Å²) in [6, 6.07) is 21.6. The minimum Gasteiger partial charge on any atom is -0.277 e. The van der Waals surface area contributed by atoms with Crippen LogP contribution in [0.25, 0.3) is 10.9 Å². The number of fused-ring (bicyclic) bond motifs is 1. The van der Waals surface area contributed by atoms with Gasteiger partial charge in [0.05, 0.1) is 17.0 Å². The van der Waals surface area contributed by atoms with Gasteiger partial charge >= 0.3 is 0 Å². The van der Waals surface area contributed by atoms with Crippen molar-refractivity contribution in [3.63, 3.8) is 0 Å². The molecule has 4 rings (SSSR count). The van der Waals surface area contributed by atoms with Crippen molar-refractivity contribution < 1.29 is 18.0 Å². The fourth-order valence-corrected chi connectivity index (χ4v) is 4.80. The largest absolute Gasteiger partial charge is 0.290 e. The van der Waals surface area contributed by atoms with Crippen LogP contribution in [0.3, 0.4) is 0 Å². The lowest BCUT2D eigenvalue weighted by molar-refractivity contribution is -0.122. The lowest BCUT2D eigenvalue weighted by Crippen LogP contribution is -2.47. The second kappa shape index (κ2) is 10.0. The molecule has 11 heteroatoms. The number of nitrogens with one attached hydrogen (secondary N) is 3. The number of benzene rings is 3. The van der Waals surface area contributed by atoms with Gasteiger partial charge in [0.2, 0.25) is 10.0 Å². The van der Waals surface area contributed by atoms with E-state index in [2.05, 4.69) is 21.0 Å². The van der Waals surface area contributed by atoms with Crippen LogP contribution in [0.1, 0.15) is 16.1 Å². The van der Waals surface area contributed by atoms with Crippen molar-refractivity contribution in [2.24, 2.45) is 0 Å². The summed E-state index contributed by atoms with van der Waals surface area (Å²) in [4.78, 5) is 25.1. The first kappa shape index (κ1) is 23.4. The van der Waals surface area contributed by atoms with Crippen molar-refractivity contribution in [2.75, 3.05) is 6.54 Å². The van der Waals surface area contributed by atoms with Gasteiger partial charge in [0.25, 0.3) is 11.8 Å². The van der Waals surface area contributed by atoms with Crippen LogP contribution in [0.4, 0.5) is 0 Å². The van der Waals surface area contributed by atoms with Crippen molar-refractivity contribution in [1.29, 1.82) is 0 Å². The maximum absolute atomic E-state index is 13.3. The van der Waals surface area contributed by atoms with Crippen LogP contribution in [0, 0.1) is 0 Å². The third kappa shape index (κ3) is 5.25. The van der Waals surface area contributed by atoms with E-state index in [4.69, 9.17) is 11.6 Å². The summed E-state index contributed by atoms with van der Waals surface area (Å²) in [5, 5.41) is 7.69. The van der Waals surface area contributed by atoms with E-state index in [1.807, 2.05) is 6.07 Å². The van der Waals surface area contributed by atoms with Crippen LogP contribution in [0.5, 0.6) is 0 Å². The highest BCUT2D eigenvalue weighted by Crippen LogP contribution is 2.20. The Morgan fingerprint density at radius 1 is 0.912 bits per heavy atom. The number of para-hydroxylation sites is 1. The van der Waals surface area contributed by atoms with Crippen LogP contribution < -0.4 is 10.9 Å². The van der Waals surface area contributed by atoms with E-state index in [9.17, 15) is 18.0 Å². The number of carbonyl (C=O) groups excluding carboxylic acids is 2. The molecule has 0 atom stereocenters. The molecule has 9 nitrogen and oxygen atoms in total. The van der Waals surface area contributed by atoms with Gasteiger partial charge in [-0.25, -0.2) is 8.42 Å². The van der Waals surface area contributed by atoms with E-state index in [1.165, 1.54) is 24.3 Å². The van der Waals surface area contributed by atoms with Crippen LogP contribution in [-0.2, 0) is 21.4 Å². The quantitative estimate of drug-likeness (QED) is 0.339. The summed E-state index contributed by atoms with van der Waals surface area (Å²) < 4.78 is 27.5. The van der Waals surface area contributed by atoms with Crippen LogP contribution in [0.2, 0.25) is 5.02 Å². The Bertz CT molecular complexity index is 1420. The fourth-order valence-electron chi connectivity index (χ4n) is 3.29. The number of aromatic amines is 1. The van der Waals surface area contributed by atoms with Crippen LogP contribution >= 0.6 is 11.6 Å². The minimum atomic E-state index is -4.04. The fraction of sp³-hybridized carbons (Fsp3) is 0.0870. The SMILES string of the molecule is O=C(CN(Cc1ccccc1)S(=O)(=O)c1ccc(Cl)cc1)NNC(=O)c1n[nH]c2ccccc12. The number of hydrazine groups is 1. The van der Waals surface area contributed by atoms with Crippen molar-refractivity contribution in [1.82, 2.24) is 25.4 Å². The van der Waals surface area contributed by atoms with E-state index >= 15 is 0 Å². The van der Waals surface area contributed by atoms with Gasteiger partial charge in [-0.2, -0.15) is 9.40 Å². The Balaban J connectivity index is 1.49. The van der Waals surface area contributed by atoms with Crippen LogP contribution in [-0.4, -0.2) is 41.3 Å². The molecule has 3 aromatic carbocycles. The Hall–Kier alpha value is -3.73. The topological polar surface area (TPSA) is 124 Å². The van der Waals surface area contributed by atoms with Gasteiger partial charge in [0.1, 0.15) is 0 Å². The Labute approximate surface area is 200 Å². The zero-order valence-electron chi connectivity index (χ0n) is 17.7. The lowest BCUT2D eigenvalue weighted by Gasteiger charge is -2.22. The number of nitrogens with zero attached hydrogens (tertiary/aromatic N) is 2. The summed E-state index contributed by atoms with van der Waals surface area (Å²) in [7, 11) is -4.04. The van der Waals surface area contributed by atoms with Crippen molar-refractivity contribution >= 4 is 44.3 Å². The van der Waals surface area contributed by atoms with Gasteiger partial charge < -0.3 is 0 Å². The minimum absolute atomic E-state index is 0.00680. The van der Waals surface area contributed by atoms with Gasteiger partial charge in [-0.15, -0.1) is 0 Å². The molecule has 2 amide bonds. The maximum Gasteiger partial charge on any atom is 0.290 e. The van der Waals surface area contributed by atoms with E-state index in [-0.39, 0.29) is 17.1 Å². The third-order valence-corrected chi connectivity index (χ3v) is 7.03. The zero-order valence-corrected chi connectivity index (χ0v) is 19.3. The lowest BCUT2D eigenvalue weighted by atomic mass is 10.2. The maximum atomic E-state index is 13.3. The molecule has 34 heavy (non-hydrogen) atoms. The van der Waals surface area contributed by atoms with Crippen LogP contribution in [0.15, 0.2) is 83.8 Å². The highest BCUT2D eigenvalue weighted by molar-refractivity contribution is 7.89. The molecule has 174 valence electrons. The highest BCUT2D eigenvalue weighted by Gasteiger charge is 2.27. The van der Waals surface area contributed by atoms with E-state index in [0.29, 0.717) is 21.5 Å². The average Bonchev–Trinajstić information content (AvgIpc) is 3.27. The molecule has 0 bridgehead atoms. The number of hydrogen-bond acceptors (Lipinski definition) is 5. The number of H-pyrrole nitrogens is 1. The van der Waals surface area contributed by atoms with Gasteiger partial charge in [-0.3, -0.25) is 25.5 Å². The molecule has 0 radical (unpaired) electrons. The average molecular weight is 498 g/mol. The molecule has 0 aliphatic carbocycles. The number of halogens is 1. The second-order valence-corrected chi connectivity index (χ2v) is 9.71. The number of amides is 2. The molecule has 0 saturated carbocycles. The van der Waals surface area contributed by atoms with E-state index in [1.54, 1.807) is 48.5 Å². The standard InChI is InChI=1S/C23H20ClN5O4S/c24-17-10-12-18(13-11-17)34(32,33)29(14-16-6-2-1-3-7-16)15-21(30)26-28-23(31)22-19-8-4-5-9-20(19)25-27-22/h1-13H,14-15H2,(H,25,27)(H,26,30)(H,28,31). The van der Waals surface area contributed by atoms with Gasteiger partial charge in [0.15, 0.2) is 5.69 Å². The number of sulfonamides is 1. The Morgan fingerprint density at radius 2 is 1.59 bits per heavy atom. The molecule has 0 saturated heterocycles. The van der Waals surface area contributed by atoms with Crippen molar-refractivity contribution in [3.8, 4) is 0 Å². The molecule has 1 heterocycles. The number of hydrogen-bond donors (Lipinski definition) is 3. The van der Waals surface area contributed by atoms with Crippen molar-refractivity contribution in [2.45, 2.75) is 11.4 Å². The zero-order chi connectivity index (χ0) is 24.1. The number of rotatable bonds is 7. The first-order chi connectivity index (χ1) is 16.3. The monoisotopic (exact) mass is 497 g/mol. The molecular formula is C23H20ClN5O4S. The summed E-state index contributed by atoms with van der Waals surface area (Å²) >= 11 is 5.88. The summed E-state index contributed by atoms with van der Waals surface area (Å²) in [6.07, 6.45) is 0. The molecule has 0 aliphatic rings. The normalized spacial score (nSPS) is 11.5. The molecule has 0 fully saturated rings. The second-order valence-electron chi connectivity index (χ2n) is 7.33. The summed E-state index contributed by atoms with van der Waals surface area (Å²) in [5.41, 5.74) is 6.02. The van der Waals surface area contributed by atoms with Gasteiger partial charge in [-0.05, 0) is 35.9 Å². The highest BCUT2D eigenvalue weighted by atomic mass is 35.5. The Kier molecular flexibility index (Phi) is 6.92. The predicted octanol–water partition coefficient (Wildman–Crippen LogP) is 2.87. The Morgan fingerprint density at radius 3 is 2.32 bits per heavy atom. The number of aromatic nitrogens is 2. The van der Waals surface area contributed by atoms with Crippen molar-refractivity contribution in [3.05, 3.63) is 95.1 Å². The molecule has 4 aromatic rings. The molecular weight excluding hydrogens is 478 g/mol. The summed E-state index contributed by atoms with van der Waals surface area (Å²) in [6.45, 7) is -0.571. The van der Waals surface area contributed by atoms with E-state index < -0.39 is 28.4 Å². The molecule has 0 unspecified atom stereocenters. The summed E-state index contributed by atoms with van der Waals surface area (Å²) in [5.74, 6) is -1.36.